The van der Waals surface area contributed by atoms with Crippen LogP contribution in [0.25, 0.3) is 0 Å². The number of nitrogens with zero attached hydrogens (tertiary/aromatic N) is 2. The van der Waals surface area contributed by atoms with Gasteiger partial charge in [-0.1, -0.05) is 29.8 Å². The van der Waals surface area contributed by atoms with E-state index < -0.39 is 11.9 Å². The molecule has 108 valence electrons. The maximum absolute atomic E-state index is 12.2. The van der Waals surface area contributed by atoms with Crippen molar-refractivity contribution in [3.05, 3.63) is 35.4 Å². The fourth-order valence-electron chi connectivity index (χ4n) is 2.41. The fraction of sp³-hybridized carbons (Fsp3) is 0.467. The molecule has 1 heterocycles. The van der Waals surface area contributed by atoms with Crippen molar-refractivity contribution in [1.82, 2.24) is 9.80 Å². The molecule has 1 aromatic carbocycles. The van der Waals surface area contributed by atoms with Crippen LogP contribution < -0.4 is 0 Å². The van der Waals surface area contributed by atoms with Crippen molar-refractivity contribution in [1.29, 1.82) is 0 Å². The zero-order valence-electron chi connectivity index (χ0n) is 11.9. The lowest BCUT2D eigenvalue weighted by Crippen LogP contribution is -2.39. The molecule has 2 amide bonds. The molecule has 5 heteroatoms. The third kappa shape index (κ3) is 3.29. The van der Waals surface area contributed by atoms with Crippen LogP contribution in [0.4, 0.5) is 4.79 Å². The number of hydrogen-bond acceptors (Lipinski definition) is 2. The summed E-state index contributed by atoms with van der Waals surface area (Å²) in [5, 5.41) is 8.96. The first kappa shape index (κ1) is 14.4. The number of aliphatic carboxylic acids is 1. The minimum atomic E-state index is -0.818. The van der Waals surface area contributed by atoms with Crippen LogP contribution in [0.3, 0.4) is 0 Å². The Balaban J connectivity index is 1.92. The van der Waals surface area contributed by atoms with Gasteiger partial charge < -0.3 is 14.9 Å². The molecule has 1 N–H and O–H groups in total. The number of carboxylic acid groups (broad SMARTS) is 1. The van der Waals surface area contributed by atoms with Crippen LogP contribution in [0.2, 0.25) is 0 Å². The Morgan fingerprint density at radius 2 is 2.00 bits per heavy atom. The van der Waals surface area contributed by atoms with Crippen molar-refractivity contribution in [3.8, 4) is 0 Å². The Morgan fingerprint density at radius 1 is 1.35 bits per heavy atom. The van der Waals surface area contributed by atoms with E-state index in [1.807, 2.05) is 31.2 Å². The third-order valence-electron chi connectivity index (χ3n) is 3.67. The van der Waals surface area contributed by atoms with Gasteiger partial charge in [-0.3, -0.25) is 4.79 Å². The highest BCUT2D eigenvalue weighted by molar-refractivity contribution is 5.77. The van der Waals surface area contributed by atoms with Crippen molar-refractivity contribution in [2.24, 2.45) is 5.92 Å². The number of likely N-dealkylation sites (tertiary alicyclic amines) is 1. The Bertz CT molecular complexity index is 498. The minimum Gasteiger partial charge on any atom is -0.481 e. The van der Waals surface area contributed by atoms with E-state index in [0.29, 0.717) is 26.1 Å². The van der Waals surface area contributed by atoms with E-state index in [1.165, 1.54) is 5.56 Å². The zero-order valence-corrected chi connectivity index (χ0v) is 11.9. The first-order valence-electron chi connectivity index (χ1n) is 6.76. The van der Waals surface area contributed by atoms with E-state index in [-0.39, 0.29) is 6.03 Å². The summed E-state index contributed by atoms with van der Waals surface area (Å²) in [6, 6.07) is 7.94. The molecule has 0 aliphatic carbocycles. The fourth-order valence-corrected chi connectivity index (χ4v) is 2.41. The second kappa shape index (κ2) is 5.94. The molecule has 20 heavy (non-hydrogen) atoms. The quantitative estimate of drug-likeness (QED) is 0.918. The van der Waals surface area contributed by atoms with Gasteiger partial charge >= 0.3 is 12.0 Å². The molecule has 5 nitrogen and oxygen atoms in total. The van der Waals surface area contributed by atoms with Crippen molar-refractivity contribution in [2.75, 3.05) is 20.1 Å². The lowest BCUT2D eigenvalue weighted by Gasteiger charge is -2.24. The van der Waals surface area contributed by atoms with Crippen molar-refractivity contribution < 1.29 is 14.7 Å². The van der Waals surface area contributed by atoms with Crippen LogP contribution in [0.15, 0.2) is 24.3 Å². The number of amides is 2. The molecule has 0 radical (unpaired) electrons. The molecule has 0 bridgehead atoms. The lowest BCUT2D eigenvalue weighted by molar-refractivity contribution is -0.141. The number of benzene rings is 1. The van der Waals surface area contributed by atoms with E-state index in [0.717, 1.165) is 5.56 Å². The molecular formula is C15H20N2O3. The van der Waals surface area contributed by atoms with Crippen molar-refractivity contribution in [3.63, 3.8) is 0 Å². The molecular weight excluding hydrogens is 256 g/mol. The summed E-state index contributed by atoms with van der Waals surface area (Å²) in [6.45, 7) is 3.39. The van der Waals surface area contributed by atoms with Gasteiger partial charge in [0.2, 0.25) is 0 Å². The molecule has 0 aromatic heterocycles. The van der Waals surface area contributed by atoms with Gasteiger partial charge in [-0.2, -0.15) is 0 Å². The minimum absolute atomic E-state index is 0.102. The second-order valence-electron chi connectivity index (χ2n) is 5.39. The molecule has 1 atom stereocenters. The normalized spacial score (nSPS) is 18.1. The van der Waals surface area contributed by atoms with Gasteiger partial charge in [0, 0.05) is 26.7 Å². The lowest BCUT2D eigenvalue weighted by atomic mass is 10.1. The van der Waals surface area contributed by atoms with Crippen LogP contribution in [0.5, 0.6) is 0 Å². The number of urea groups is 1. The highest BCUT2D eigenvalue weighted by atomic mass is 16.4. The predicted octanol–water partition coefficient (Wildman–Crippen LogP) is 1.95. The molecule has 2 rings (SSSR count). The zero-order chi connectivity index (χ0) is 14.7. The summed E-state index contributed by atoms with van der Waals surface area (Å²) >= 11 is 0. The average Bonchev–Trinajstić information content (AvgIpc) is 2.90. The first-order valence-corrected chi connectivity index (χ1v) is 6.76. The van der Waals surface area contributed by atoms with Crippen molar-refractivity contribution in [2.45, 2.75) is 19.9 Å². The van der Waals surface area contributed by atoms with Gasteiger partial charge in [0.15, 0.2) is 0 Å². The van der Waals surface area contributed by atoms with Crippen LogP contribution in [0, 0.1) is 12.8 Å². The number of carbonyl (C=O) groups is 2. The van der Waals surface area contributed by atoms with Gasteiger partial charge in [0.05, 0.1) is 5.92 Å². The van der Waals surface area contributed by atoms with Crippen LogP contribution in [-0.2, 0) is 11.3 Å². The molecule has 0 spiro atoms. The summed E-state index contributed by atoms with van der Waals surface area (Å²) < 4.78 is 0. The van der Waals surface area contributed by atoms with E-state index in [2.05, 4.69) is 0 Å². The van der Waals surface area contributed by atoms with E-state index >= 15 is 0 Å². The summed E-state index contributed by atoms with van der Waals surface area (Å²) in [5.74, 6) is -1.24. The number of hydrogen-bond donors (Lipinski definition) is 1. The van der Waals surface area contributed by atoms with Crippen LogP contribution >= 0.6 is 0 Å². The SMILES string of the molecule is Cc1ccc(CN(C)C(=O)N2CCC(C(=O)O)C2)cc1. The highest BCUT2D eigenvalue weighted by Gasteiger charge is 2.32. The molecule has 1 aliphatic rings. The summed E-state index contributed by atoms with van der Waals surface area (Å²) in [7, 11) is 1.75. The summed E-state index contributed by atoms with van der Waals surface area (Å²) in [6.07, 6.45) is 0.541. The number of aryl methyl sites for hydroxylation is 1. The molecule has 1 fully saturated rings. The smallest absolute Gasteiger partial charge is 0.320 e. The monoisotopic (exact) mass is 276 g/mol. The van der Waals surface area contributed by atoms with Gasteiger partial charge in [-0.15, -0.1) is 0 Å². The van der Waals surface area contributed by atoms with Crippen LogP contribution in [-0.4, -0.2) is 47.0 Å². The largest absolute Gasteiger partial charge is 0.481 e. The summed E-state index contributed by atoms with van der Waals surface area (Å²) in [4.78, 5) is 26.4. The van der Waals surface area contributed by atoms with Gasteiger partial charge in [0.25, 0.3) is 0 Å². The topological polar surface area (TPSA) is 60.9 Å². The number of rotatable bonds is 3. The first-order chi connectivity index (χ1) is 9.47. The third-order valence-corrected chi connectivity index (χ3v) is 3.67. The Hall–Kier alpha value is -2.04. The number of carboxylic acids is 1. The molecule has 0 saturated carbocycles. The summed E-state index contributed by atoms with van der Waals surface area (Å²) in [5.41, 5.74) is 2.26. The van der Waals surface area contributed by atoms with Crippen molar-refractivity contribution >= 4 is 12.0 Å². The Labute approximate surface area is 118 Å². The van der Waals surface area contributed by atoms with E-state index in [1.54, 1.807) is 16.8 Å². The van der Waals surface area contributed by atoms with Crippen LogP contribution in [0.1, 0.15) is 17.5 Å². The predicted molar refractivity (Wildman–Crippen MR) is 75.4 cm³/mol. The average molecular weight is 276 g/mol. The molecule has 1 saturated heterocycles. The van der Waals surface area contributed by atoms with Gasteiger partial charge in [-0.25, -0.2) is 4.79 Å². The maximum Gasteiger partial charge on any atom is 0.320 e. The van der Waals surface area contributed by atoms with E-state index in [9.17, 15) is 9.59 Å². The molecule has 1 aliphatic heterocycles. The standard InChI is InChI=1S/C15H20N2O3/c1-11-3-5-12(6-4-11)9-16(2)15(20)17-8-7-13(10-17)14(18)19/h3-6,13H,7-10H2,1-2H3,(H,18,19). The molecule has 1 aromatic rings. The maximum atomic E-state index is 12.2. The van der Waals surface area contributed by atoms with Gasteiger partial charge in [0.1, 0.15) is 0 Å². The van der Waals surface area contributed by atoms with E-state index in [4.69, 9.17) is 5.11 Å². The highest BCUT2D eigenvalue weighted by Crippen LogP contribution is 2.18. The molecule has 1 unspecified atom stereocenters. The second-order valence-corrected chi connectivity index (χ2v) is 5.39. The van der Waals surface area contributed by atoms with Gasteiger partial charge in [-0.05, 0) is 18.9 Å². The Kier molecular flexibility index (Phi) is 4.27. The number of carbonyl (C=O) groups excluding carboxylic acids is 1. The Morgan fingerprint density at radius 3 is 2.55 bits per heavy atom.